The van der Waals surface area contributed by atoms with Gasteiger partial charge in [0.2, 0.25) is 0 Å². The molecule has 0 aromatic rings. The normalized spacial score (nSPS) is 27.2. The molecule has 0 aromatic carbocycles. The molecule has 2 aliphatic rings. The highest BCUT2D eigenvalue weighted by molar-refractivity contribution is 4.95. The molecule has 0 amide bonds. The number of rotatable bonds is 26. The highest BCUT2D eigenvalue weighted by Gasteiger charge is 2.46. The highest BCUT2D eigenvalue weighted by Crippen LogP contribution is 2.54. The van der Waals surface area contributed by atoms with Crippen molar-refractivity contribution in [2.24, 2.45) is 65.1 Å². The van der Waals surface area contributed by atoms with Crippen molar-refractivity contribution in [1.82, 2.24) is 0 Å². The Bertz CT molecular complexity index is 678. The van der Waals surface area contributed by atoms with Gasteiger partial charge in [0.25, 0.3) is 0 Å². The molecule has 0 spiro atoms. The summed E-state index contributed by atoms with van der Waals surface area (Å²) in [6, 6.07) is 0. The maximum absolute atomic E-state index is 2.63. The van der Waals surface area contributed by atoms with Gasteiger partial charge < -0.3 is 0 Å². The van der Waals surface area contributed by atoms with Crippen molar-refractivity contribution in [1.29, 1.82) is 0 Å². The maximum atomic E-state index is 2.63. The predicted octanol–water partition coefficient (Wildman–Crippen LogP) is 15.7. The van der Waals surface area contributed by atoms with E-state index in [1.54, 1.807) is 25.7 Å². The van der Waals surface area contributed by atoms with Crippen molar-refractivity contribution >= 4 is 0 Å². The Morgan fingerprint density at radius 3 is 1.82 bits per heavy atom. The van der Waals surface area contributed by atoms with Gasteiger partial charge in [-0.05, 0) is 90.8 Å². The van der Waals surface area contributed by atoms with Crippen molar-refractivity contribution in [3.63, 3.8) is 0 Å². The van der Waals surface area contributed by atoms with Crippen molar-refractivity contribution < 1.29 is 0 Å². The molecular weight excluding hydrogens is 540 g/mol. The molecule has 0 radical (unpaired) electrons. The molecule has 0 N–H and O–H groups in total. The van der Waals surface area contributed by atoms with Gasteiger partial charge >= 0.3 is 0 Å². The Morgan fingerprint density at radius 1 is 0.511 bits per heavy atom. The van der Waals surface area contributed by atoms with Crippen LogP contribution in [0.5, 0.6) is 0 Å². The van der Waals surface area contributed by atoms with Gasteiger partial charge in [0.05, 0.1) is 0 Å². The molecule has 0 saturated heterocycles. The van der Waals surface area contributed by atoms with Crippen LogP contribution in [-0.4, -0.2) is 0 Å². The van der Waals surface area contributed by atoms with Crippen LogP contribution in [0.2, 0.25) is 0 Å². The summed E-state index contributed by atoms with van der Waals surface area (Å²) in [5, 5.41) is 0. The summed E-state index contributed by atoms with van der Waals surface area (Å²) in [4.78, 5) is 0. The van der Waals surface area contributed by atoms with Crippen LogP contribution >= 0.6 is 0 Å². The van der Waals surface area contributed by atoms with E-state index in [0.29, 0.717) is 0 Å². The molecule has 10 atom stereocenters. The van der Waals surface area contributed by atoms with Crippen LogP contribution in [-0.2, 0) is 0 Å². The summed E-state index contributed by atoms with van der Waals surface area (Å²) in [5.74, 6) is 10.9. The Balaban J connectivity index is 1.51. The zero-order chi connectivity index (χ0) is 33.0. The fourth-order valence-electron chi connectivity index (χ4n) is 10.1. The fraction of sp³-hybridized carbons (Fsp3) is 1.00. The summed E-state index contributed by atoms with van der Waals surface area (Å²) in [6.07, 6.45) is 37.1. The third kappa shape index (κ3) is 16.8. The van der Waals surface area contributed by atoms with Crippen LogP contribution < -0.4 is 0 Å². The minimum Gasteiger partial charge on any atom is -0.0651 e. The Kier molecular flexibility index (Phi) is 22.1. The van der Waals surface area contributed by atoms with E-state index in [1.807, 2.05) is 0 Å². The van der Waals surface area contributed by atoms with Crippen LogP contribution in [0, 0.1) is 65.1 Å². The molecule has 2 aliphatic carbocycles. The Hall–Kier alpha value is 0. The van der Waals surface area contributed by atoms with Crippen molar-refractivity contribution in [3.8, 4) is 0 Å². The lowest BCUT2D eigenvalue weighted by molar-refractivity contribution is -0.0406. The van der Waals surface area contributed by atoms with Crippen molar-refractivity contribution in [2.75, 3.05) is 0 Å². The third-order valence-corrected chi connectivity index (χ3v) is 13.9. The second-order valence-electron chi connectivity index (χ2n) is 18.2. The molecule has 0 bridgehead atoms. The number of unbranched alkanes of at least 4 members (excludes halogenated alkanes) is 6. The molecule has 0 aliphatic heterocycles. The minimum absolute atomic E-state index is 0.869. The van der Waals surface area contributed by atoms with E-state index in [-0.39, 0.29) is 0 Å². The summed E-state index contributed by atoms with van der Waals surface area (Å²) in [5.41, 5.74) is 0. The molecule has 0 heteroatoms. The first-order valence-corrected chi connectivity index (χ1v) is 21.7. The highest BCUT2D eigenvalue weighted by atomic mass is 14.5. The van der Waals surface area contributed by atoms with Crippen LogP contribution in [0.25, 0.3) is 0 Å². The fourth-order valence-corrected chi connectivity index (χ4v) is 10.1. The molecule has 10 unspecified atom stereocenters. The number of fused-ring (bicyclic) bond motifs is 1. The average molecular weight is 629 g/mol. The van der Waals surface area contributed by atoms with E-state index >= 15 is 0 Å². The lowest BCUT2D eigenvalue weighted by atomic mass is 9.52. The lowest BCUT2D eigenvalue weighted by Gasteiger charge is -2.53. The lowest BCUT2D eigenvalue weighted by Crippen LogP contribution is -2.46. The molecular formula is C45H88. The van der Waals surface area contributed by atoms with Gasteiger partial charge in [-0.1, -0.05) is 197 Å². The molecule has 2 fully saturated rings. The zero-order valence-electron chi connectivity index (χ0n) is 33.0. The Labute approximate surface area is 287 Å². The van der Waals surface area contributed by atoms with E-state index in [9.17, 15) is 0 Å². The molecule has 2 rings (SSSR count). The average Bonchev–Trinajstić information content (AvgIpc) is 3.01. The molecule has 45 heavy (non-hydrogen) atoms. The summed E-state index contributed by atoms with van der Waals surface area (Å²) in [6.45, 7) is 22.2. The monoisotopic (exact) mass is 629 g/mol. The van der Waals surface area contributed by atoms with Gasteiger partial charge in [-0.15, -0.1) is 0 Å². The minimum atomic E-state index is 0.869. The first-order valence-electron chi connectivity index (χ1n) is 21.7. The SMILES string of the molecule is CCC(C)CCCCCC1C(C)C2CCC(CC(C)CCCCCCC(CC)C(C)CCCCC(C)CCC(C)C)CCCC12. The van der Waals surface area contributed by atoms with E-state index in [2.05, 4.69) is 62.3 Å². The van der Waals surface area contributed by atoms with Crippen molar-refractivity contribution in [3.05, 3.63) is 0 Å². The zero-order valence-corrected chi connectivity index (χ0v) is 33.0. The van der Waals surface area contributed by atoms with E-state index in [1.165, 1.54) is 135 Å². The van der Waals surface area contributed by atoms with Gasteiger partial charge in [-0.2, -0.15) is 0 Å². The number of hydrogen-bond acceptors (Lipinski definition) is 0. The summed E-state index contributed by atoms with van der Waals surface area (Å²) in [7, 11) is 0. The smallest absolute Gasteiger partial charge is 0.0352 e. The largest absolute Gasteiger partial charge is 0.0651 e. The van der Waals surface area contributed by atoms with Crippen LogP contribution in [0.3, 0.4) is 0 Å². The maximum Gasteiger partial charge on any atom is -0.0352 e. The van der Waals surface area contributed by atoms with Gasteiger partial charge in [-0.3, -0.25) is 0 Å². The molecule has 0 nitrogen and oxygen atoms in total. The molecule has 2 saturated carbocycles. The van der Waals surface area contributed by atoms with E-state index < -0.39 is 0 Å². The first-order chi connectivity index (χ1) is 21.7. The topological polar surface area (TPSA) is 0 Å². The second-order valence-corrected chi connectivity index (χ2v) is 18.2. The van der Waals surface area contributed by atoms with E-state index in [4.69, 9.17) is 0 Å². The third-order valence-electron chi connectivity index (χ3n) is 13.9. The van der Waals surface area contributed by atoms with Crippen molar-refractivity contribution in [2.45, 2.75) is 223 Å². The van der Waals surface area contributed by atoms with Crippen LogP contribution in [0.4, 0.5) is 0 Å². The Morgan fingerprint density at radius 2 is 1.13 bits per heavy atom. The molecule has 0 heterocycles. The second kappa shape index (κ2) is 24.2. The molecule has 268 valence electrons. The van der Waals surface area contributed by atoms with Gasteiger partial charge in [0.15, 0.2) is 0 Å². The van der Waals surface area contributed by atoms with Gasteiger partial charge in [0.1, 0.15) is 0 Å². The standard InChI is InChI=1S/C45H88/c1-10-36(5)22-16-14-18-28-43-40(9)44-33-32-41(26-21-29-45(43)44)34-38(7)24-15-12-13-17-27-42(11-2)39(8)25-20-19-23-37(6)31-30-35(3)4/h35-45H,10-34H2,1-9H3. The molecule has 0 aromatic heterocycles. The van der Waals surface area contributed by atoms with E-state index in [0.717, 1.165) is 65.1 Å². The quantitative estimate of drug-likeness (QED) is 0.0836. The first kappa shape index (κ1) is 41.2. The van der Waals surface area contributed by atoms with Crippen LogP contribution in [0.1, 0.15) is 223 Å². The number of hydrogen-bond donors (Lipinski definition) is 0. The van der Waals surface area contributed by atoms with Crippen LogP contribution in [0.15, 0.2) is 0 Å². The summed E-state index contributed by atoms with van der Waals surface area (Å²) >= 11 is 0. The van der Waals surface area contributed by atoms with Gasteiger partial charge in [0, 0.05) is 0 Å². The van der Waals surface area contributed by atoms with Gasteiger partial charge in [-0.25, -0.2) is 0 Å². The summed E-state index contributed by atoms with van der Waals surface area (Å²) < 4.78 is 0. The predicted molar refractivity (Wildman–Crippen MR) is 205 cm³/mol.